The Morgan fingerprint density at radius 3 is 2.97 bits per heavy atom. The van der Waals surface area contributed by atoms with Crippen LogP contribution in [0, 0.1) is 6.92 Å². The first-order chi connectivity index (χ1) is 13.6. The second kappa shape index (κ2) is 11.8. The molecule has 1 aliphatic heterocycles. The number of aromatic nitrogens is 1. The first-order valence-corrected chi connectivity index (χ1v) is 10.5. The Morgan fingerprint density at radius 2 is 2.21 bits per heavy atom. The highest BCUT2D eigenvalue weighted by atomic mass is 127. The number of fused-ring (bicyclic) bond motifs is 1. The van der Waals surface area contributed by atoms with E-state index in [1.54, 1.807) is 0 Å². The molecule has 1 aromatic carbocycles. The lowest BCUT2D eigenvalue weighted by Crippen LogP contribution is -2.49. The number of guanidine groups is 1. The van der Waals surface area contributed by atoms with Gasteiger partial charge in [-0.1, -0.05) is 12.1 Å². The Labute approximate surface area is 191 Å². The fourth-order valence-corrected chi connectivity index (χ4v) is 3.89. The van der Waals surface area contributed by atoms with Gasteiger partial charge in [-0.25, -0.2) is 0 Å². The molecular formula is C22H36IN5O. The van der Waals surface area contributed by atoms with Crippen molar-refractivity contribution < 1.29 is 4.74 Å². The second-order valence-electron chi connectivity index (χ2n) is 7.77. The van der Waals surface area contributed by atoms with E-state index >= 15 is 0 Å². The smallest absolute Gasteiger partial charge is 0.191 e. The highest BCUT2D eigenvalue weighted by Crippen LogP contribution is 2.19. The number of aromatic amines is 1. The van der Waals surface area contributed by atoms with Crippen molar-refractivity contribution in [2.24, 2.45) is 4.99 Å². The van der Waals surface area contributed by atoms with Gasteiger partial charge in [0.15, 0.2) is 5.96 Å². The monoisotopic (exact) mass is 513 g/mol. The van der Waals surface area contributed by atoms with E-state index in [0.717, 1.165) is 51.8 Å². The predicted octanol–water partition coefficient (Wildman–Crippen LogP) is 3.30. The lowest BCUT2D eigenvalue weighted by molar-refractivity contribution is -0.0165. The summed E-state index contributed by atoms with van der Waals surface area (Å²) in [4.78, 5) is 10.7. The standard InChI is InChI=1S/C22H35N5O.HI/c1-5-23-22(26-13-17(3)27-10-11-28-15-18(27)4)24-9-8-19-14-25-21-12-16(2)6-7-20(19)21;/h6-7,12,14,17-18,25H,5,8-11,13,15H2,1-4H3,(H2,23,24,26);1H. The summed E-state index contributed by atoms with van der Waals surface area (Å²) in [5.41, 5.74) is 3.84. The van der Waals surface area contributed by atoms with E-state index in [2.05, 4.69) is 72.6 Å². The van der Waals surface area contributed by atoms with Gasteiger partial charge in [-0.3, -0.25) is 9.89 Å². The molecule has 2 aromatic rings. The van der Waals surface area contributed by atoms with Crippen molar-refractivity contribution in [1.82, 2.24) is 20.5 Å². The largest absolute Gasteiger partial charge is 0.379 e. The first kappa shape index (κ1) is 24.0. The summed E-state index contributed by atoms with van der Waals surface area (Å²) >= 11 is 0. The van der Waals surface area contributed by atoms with Crippen LogP contribution in [0.4, 0.5) is 0 Å². The van der Waals surface area contributed by atoms with Crippen LogP contribution in [-0.2, 0) is 11.2 Å². The predicted molar refractivity (Wildman–Crippen MR) is 133 cm³/mol. The molecule has 1 fully saturated rings. The van der Waals surface area contributed by atoms with Crippen molar-refractivity contribution in [3.63, 3.8) is 0 Å². The molecule has 3 rings (SSSR count). The number of aryl methyl sites for hydroxylation is 1. The van der Waals surface area contributed by atoms with Gasteiger partial charge in [0, 0.05) is 48.8 Å². The molecule has 0 amide bonds. The molecule has 1 saturated heterocycles. The van der Waals surface area contributed by atoms with Crippen molar-refractivity contribution in [3.05, 3.63) is 35.5 Å². The third-order valence-electron chi connectivity index (χ3n) is 5.45. The number of hydrogen-bond acceptors (Lipinski definition) is 3. The number of ether oxygens (including phenoxy) is 1. The second-order valence-corrected chi connectivity index (χ2v) is 7.77. The van der Waals surface area contributed by atoms with E-state index < -0.39 is 0 Å². The molecule has 3 N–H and O–H groups in total. The maximum atomic E-state index is 5.55. The summed E-state index contributed by atoms with van der Waals surface area (Å²) in [6.07, 6.45) is 3.08. The lowest BCUT2D eigenvalue weighted by atomic mass is 10.1. The molecule has 7 heteroatoms. The molecule has 6 nitrogen and oxygen atoms in total. The van der Waals surface area contributed by atoms with Crippen LogP contribution in [0.25, 0.3) is 10.9 Å². The van der Waals surface area contributed by atoms with Gasteiger partial charge < -0.3 is 20.4 Å². The van der Waals surface area contributed by atoms with Crippen LogP contribution in [-0.4, -0.2) is 67.3 Å². The number of hydrogen-bond donors (Lipinski definition) is 3. The quantitative estimate of drug-likeness (QED) is 0.302. The Balaban J connectivity index is 0.00000300. The number of nitrogens with one attached hydrogen (secondary N) is 3. The van der Waals surface area contributed by atoms with Crippen molar-refractivity contribution >= 4 is 40.8 Å². The minimum atomic E-state index is 0. The Bertz CT molecular complexity index is 791. The summed E-state index contributed by atoms with van der Waals surface area (Å²) in [6.45, 7) is 13.8. The third-order valence-corrected chi connectivity index (χ3v) is 5.45. The van der Waals surface area contributed by atoms with Crippen LogP contribution < -0.4 is 10.6 Å². The summed E-state index contributed by atoms with van der Waals surface area (Å²) in [5, 5.41) is 8.16. The van der Waals surface area contributed by atoms with E-state index in [4.69, 9.17) is 9.73 Å². The van der Waals surface area contributed by atoms with Crippen molar-refractivity contribution in [2.45, 2.75) is 46.2 Å². The van der Waals surface area contributed by atoms with Crippen LogP contribution >= 0.6 is 24.0 Å². The SMILES string of the molecule is CCNC(=NCC(C)N1CCOCC1C)NCCc1c[nH]c2cc(C)ccc12.I. The van der Waals surface area contributed by atoms with Gasteiger partial charge in [0.05, 0.1) is 19.8 Å². The zero-order chi connectivity index (χ0) is 19.9. The zero-order valence-corrected chi connectivity index (χ0v) is 20.5. The van der Waals surface area contributed by atoms with Crippen LogP contribution in [0.5, 0.6) is 0 Å². The van der Waals surface area contributed by atoms with Gasteiger partial charge in [-0.2, -0.15) is 0 Å². The molecule has 1 aromatic heterocycles. The number of benzene rings is 1. The summed E-state index contributed by atoms with van der Waals surface area (Å²) in [5.74, 6) is 0.894. The molecule has 29 heavy (non-hydrogen) atoms. The number of nitrogens with zero attached hydrogens (tertiary/aromatic N) is 2. The molecule has 2 heterocycles. The average Bonchev–Trinajstić information content (AvgIpc) is 3.08. The molecule has 0 saturated carbocycles. The Kier molecular flexibility index (Phi) is 9.71. The molecular weight excluding hydrogens is 477 g/mol. The van der Waals surface area contributed by atoms with Crippen LogP contribution in [0.15, 0.2) is 29.4 Å². The fourth-order valence-electron chi connectivity index (χ4n) is 3.89. The molecule has 0 bridgehead atoms. The lowest BCUT2D eigenvalue weighted by Gasteiger charge is -2.37. The number of halogens is 1. The van der Waals surface area contributed by atoms with Crippen LogP contribution in [0.2, 0.25) is 0 Å². The number of aliphatic imine (C=N–C) groups is 1. The zero-order valence-electron chi connectivity index (χ0n) is 18.1. The molecule has 0 spiro atoms. The van der Waals surface area contributed by atoms with Gasteiger partial charge in [-0.05, 0) is 51.3 Å². The maximum absolute atomic E-state index is 5.55. The molecule has 2 atom stereocenters. The van der Waals surface area contributed by atoms with Crippen molar-refractivity contribution in [2.75, 3.05) is 39.4 Å². The van der Waals surface area contributed by atoms with Gasteiger partial charge in [0.25, 0.3) is 0 Å². The van der Waals surface area contributed by atoms with E-state index in [-0.39, 0.29) is 24.0 Å². The topological polar surface area (TPSA) is 64.7 Å². The van der Waals surface area contributed by atoms with E-state index in [9.17, 15) is 0 Å². The average molecular weight is 513 g/mol. The molecule has 1 aliphatic rings. The number of rotatable bonds is 7. The van der Waals surface area contributed by atoms with Gasteiger partial charge in [0.2, 0.25) is 0 Å². The van der Waals surface area contributed by atoms with Gasteiger partial charge in [0.1, 0.15) is 0 Å². The summed E-state index contributed by atoms with van der Waals surface area (Å²) in [6, 6.07) is 7.45. The normalized spacial score (nSPS) is 19.0. The van der Waals surface area contributed by atoms with E-state index in [0.29, 0.717) is 12.1 Å². The van der Waals surface area contributed by atoms with Crippen LogP contribution in [0.1, 0.15) is 31.9 Å². The first-order valence-electron chi connectivity index (χ1n) is 10.5. The number of morpholine rings is 1. The van der Waals surface area contributed by atoms with E-state index in [1.807, 2.05) is 0 Å². The highest BCUT2D eigenvalue weighted by Gasteiger charge is 2.23. The summed E-state index contributed by atoms with van der Waals surface area (Å²) < 4.78 is 5.55. The van der Waals surface area contributed by atoms with Gasteiger partial charge in [-0.15, -0.1) is 24.0 Å². The minimum absolute atomic E-state index is 0. The third kappa shape index (κ3) is 6.58. The maximum Gasteiger partial charge on any atom is 0.191 e. The van der Waals surface area contributed by atoms with Crippen molar-refractivity contribution in [3.8, 4) is 0 Å². The highest BCUT2D eigenvalue weighted by molar-refractivity contribution is 14.0. The minimum Gasteiger partial charge on any atom is -0.379 e. The fraction of sp³-hybridized carbons (Fsp3) is 0.591. The summed E-state index contributed by atoms with van der Waals surface area (Å²) in [7, 11) is 0. The van der Waals surface area contributed by atoms with E-state index in [1.165, 1.54) is 22.0 Å². The number of H-pyrrole nitrogens is 1. The Morgan fingerprint density at radius 1 is 1.38 bits per heavy atom. The van der Waals surface area contributed by atoms with Gasteiger partial charge >= 0.3 is 0 Å². The molecule has 162 valence electrons. The van der Waals surface area contributed by atoms with Crippen LogP contribution in [0.3, 0.4) is 0 Å². The molecule has 2 unspecified atom stereocenters. The van der Waals surface area contributed by atoms with Crippen molar-refractivity contribution in [1.29, 1.82) is 0 Å². The molecule has 0 aliphatic carbocycles. The Hall–Kier alpha value is -1.32. The molecule has 0 radical (unpaired) electrons.